The molecule has 0 bridgehead atoms. The minimum Gasteiger partial charge on any atom is -0.358 e. The Balaban J connectivity index is 1.38. The molecule has 0 aliphatic carbocycles. The molecule has 0 radical (unpaired) electrons. The lowest BCUT2D eigenvalue weighted by Gasteiger charge is -2.29. The van der Waals surface area contributed by atoms with E-state index in [0.717, 1.165) is 47.5 Å². The molecule has 0 saturated carbocycles. The fourth-order valence-electron chi connectivity index (χ4n) is 4.49. The Morgan fingerprint density at radius 2 is 2.03 bits per heavy atom. The third-order valence-electron chi connectivity index (χ3n) is 6.09. The number of rotatable bonds is 6. The molecule has 6 nitrogen and oxygen atoms in total. The van der Waals surface area contributed by atoms with Crippen LogP contribution in [0.5, 0.6) is 0 Å². The Hall–Kier alpha value is -3.67. The van der Waals surface area contributed by atoms with Crippen LogP contribution in [0, 0.1) is 6.92 Å². The summed E-state index contributed by atoms with van der Waals surface area (Å²) in [5.41, 5.74) is 5.28. The van der Waals surface area contributed by atoms with Crippen LogP contribution in [0.1, 0.15) is 35.8 Å². The SMILES string of the molecule is Cc1ccc2nc(C3CCCN3C(=O)CN(Cc3cccnc3)c3ccccc3)[nH]c2c1. The van der Waals surface area contributed by atoms with Gasteiger partial charge in [-0.2, -0.15) is 0 Å². The van der Waals surface area contributed by atoms with Gasteiger partial charge in [0.1, 0.15) is 5.82 Å². The van der Waals surface area contributed by atoms with Crippen molar-refractivity contribution in [3.05, 3.63) is 90.0 Å². The topological polar surface area (TPSA) is 65.1 Å². The fraction of sp³-hybridized carbons (Fsp3) is 0.269. The molecule has 1 saturated heterocycles. The second-order valence-corrected chi connectivity index (χ2v) is 8.44. The van der Waals surface area contributed by atoms with Gasteiger partial charge < -0.3 is 14.8 Å². The molecule has 1 aliphatic rings. The number of benzene rings is 2. The fourth-order valence-corrected chi connectivity index (χ4v) is 4.49. The van der Waals surface area contributed by atoms with E-state index >= 15 is 0 Å². The van der Waals surface area contributed by atoms with E-state index in [9.17, 15) is 4.79 Å². The summed E-state index contributed by atoms with van der Waals surface area (Å²) < 4.78 is 0. The summed E-state index contributed by atoms with van der Waals surface area (Å²) in [7, 11) is 0. The Kier molecular flexibility index (Phi) is 5.58. The molecule has 2 aromatic carbocycles. The van der Waals surface area contributed by atoms with Crippen molar-refractivity contribution in [2.24, 2.45) is 0 Å². The molecule has 162 valence electrons. The molecule has 4 aromatic rings. The molecule has 1 fully saturated rings. The molecule has 0 spiro atoms. The largest absolute Gasteiger partial charge is 0.358 e. The van der Waals surface area contributed by atoms with Gasteiger partial charge in [0.2, 0.25) is 5.91 Å². The number of fused-ring (bicyclic) bond motifs is 1. The van der Waals surface area contributed by atoms with E-state index in [-0.39, 0.29) is 11.9 Å². The highest BCUT2D eigenvalue weighted by molar-refractivity contribution is 5.82. The van der Waals surface area contributed by atoms with E-state index in [0.29, 0.717) is 13.1 Å². The van der Waals surface area contributed by atoms with Crippen molar-refractivity contribution < 1.29 is 4.79 Å². The zero-order chi connectivity index (χ0) is 21.9. The quantitative estimate of drug-likeness (QED) is 0.489. The van der Waals surface area contributed by atoms with Gasteiger partial charge in [0.15, 0.2) is 0 Å². The highest BCUT2D eigenvalue weighted by Crippen LogP contribution is 2.32. The lowest BCUT2D eigenvalue weighted by atomic mass is 10.2. The van der Waals surface area contributed by atoms with E-state index in [2.05, 4.69) is 33.9 Å². The molecule has 32 heavy (non-hydrogen) atoms. The van der Waals surface area contributed by atoms with Crippen LogP contribution in [0.15, 0.2) is 73.1 Å². The molecule has 1 atom stereocenters. The smallest absolute Gasteiger partial charge is 0.242 e. The zero-order valence-corrected chi connectivity index (χ0v) is 18.2. The second kappa shape index (κ2) is 8.83. The summed E-state index contributed by atoms with van der Waals surface area (Å²) >= 11 is 0. The Morgan fingerprint density at radius 1 is 1.16 bits per heavy atom. The number of aromatic nitrogens is 3. The van der Waals surface area contributed by atoms with Gasteiger partial charge in [-0.05, 0) is 61.2 Å². The molecule has 1 amide bonds. The number of aryl methyl sites for hydroxylation is 1. The maximum atomic E-state index is 13.5. The van der Waals surface area contributed by atoms with Crippen molar-refractivity contribution in [3.8, 4) is 0 Å². The van der Waals surface area contributed by atoms with Gasteiger partial charge in [0, 0.05) is 31.2 Å². The number of nitrogens with zero attached hydrogens (tertiary/aromatic N) is 4. The number of hydrogen-bond acceptors (Lipinski definition) is 4. The number of anilines is 1. The van der Waals surface area contributed by atoms with E-state index < -0.39 is 0 Å². The van der Waals surface area contributed by atoms with Crippen LogP contribution in [0.3, 0.4) is 0 Å². The monoisotopic (exact) mass is 425 g/mol. The number of amides is 1. The van der Waals surface area contributed by atoms with Crippen molar-refractivity contribution in [2.75, 3.05) is 18.0 Å². The number of likely N-dealkylation sites (tertiary alicyclic amines) is 1. The summed E-state index contributed by atoms with van der Waals surface area (Å²) in [5, 5.41) is 0. The molecule has 1 aliphatic heterocycles. The number of carbonyl (C=O) groups is 1. The first-order valence-corrected chi connectivity index (χ1v) is 11.1. The van der Waals surface area contributed by atoms with Crippen LogP contribution < -0.4 is 4.90 Å². The lowest BCUT2D eigenvalue weighted by molar-refractivity contribution is -0.130. The van der Waals surface area contributed by atoms with Gasteiger partial charge in [0.25, 0.3) is 0 Å². The summed E-state index contributed by atoms with van der Waals surface area (Å²) in [4.78, 5) is 30.1. The minimum atomic E-state index is -0.00813. The number of nitrogens with one attached hydrogen (secondary N) is 1. The average molecular weight is 426 g/mol. The Labute approximate surface area is 187 Å². The molecular formula is C26H27N5O. The number of para-hydroxylation sites is 1. The van der Waals surface area contributed by atoms with Crippen LogP contribution in [0.4, 0.5) is 5.69 Å². The van der Waals surface area contributed by atoms with Crippen LogP contribution in [0.25, 0.3) is 11.0 Å². The normalized spacial score (nSPS) is 15.9. The van der Waals surface area contributed by atoms with Crippen LogP contribution in [-0.4, -0.2) is 38.8 Å². The predicted octanol–water partition coefficient (Wildman–Crippen LogP) is 4.64. The molecular weight excluding hydrogens is 398 g/mol. The lowest BCUT2D eigenvalue weighted by Crippen LogP contribution is -2.40. The van der Waals surface area contributed by atoms with Crippen molar-refractivity contribution in [1.82, 2.24) is 19.9 Å². The van der Waals surface area contributed by atoms with Crippen molar-refractivity contribution in [2.45, 2.75) is 32.4 Å². The van der Waals surface area contributed by atoms with Crippen molar-refractivity contribution >= 4 is 22.6 Å². The molecule has 6 heteroatoms. The highest BCUT2D eigenvalue weighted by atomic mass is 16.2. The second-order valence-electron chi connectivity index (χ2n) is 8.44. The number of pyridine rings is 1. The molecule has 2 aromatic heterocycles. The summed E-state index contributed by atoms with van der Waals surface area (Å²) in [6.07, 6.45) is 5.54. The number of H-pyrrole nitrogens is 1. The first-order chi connectivity index (χ1) is 15.7. The highest BCUT2D eigenvalue weighted by Gasteiger charge is 2.33. The molecule has 1 unspecified atom stereocenters. The molecule has 3 heterocycles. The third kappa shape index (κ3) is 4.21. The average Bonchev–Trinajstić information content (AvgIpc) is 3.46. The van der Waals surface area contributed by atoms with Gasteiger partial charge in [-0.15, -0.1) is 0 Å². The maximum absolute atomic E-state index is 13.5. The molecule has 1 N–H and O–H groups in total. The van der Waals surface area contributed by atoms with Crippen molar-refractivity contribution in [1.29, 1.82) is 0 Å². The maximum Gasteiger partial charge on any atom is 0.242 e. The number of imidazole rings is 1. The third-order valence-corrected chi connectivity index (χ3v) is 6.09. The first kappa shape index (κ1) is 20.2. The number of aromatic amines is 1. The van der Waals surface area contributed by atoms with Crippen molar-refractivity contribution in [3.63, 3.8) is 0 Å². The first-order valence-electron chi connectivity index (χ1n) is 11.1. The van der Waals surface area contributed by atoms with E-state index in [1.54, 1.807) is 6.20 Å². The number of carbonyl (C=O) groups excluding carboxylic acids is 1. The minimum absolute atomic E-state index is 0.00813. The summed E-state index contributed by atoms with van der Waals surface area (Å²) in [5.74, 6) is 1.01. The van der Waals surface area contributed by atoms with Crippen LogP contribution in [0.2, 0.25) is 0 Å². The number of hydrogen-bond donors (Lipinski definition) is 1. The predicted molar refractivity (Wildman–Crippen MR) is 126 cm³/mol. The zero-order valence-electron chi connectivity index (χ0n) is 18.2. The Morgan fingerprint density at radius 3 is 2.84 bits per heavy atom. The van der Waals surface area contributed by atoms with Gasteiger partial charge in [-0.1, -0.05) is 30.3 Å². The van der Waals surface area contributed by atoms with Gasteiger partial charge >= 0.3 is 0 Å². The van der Waals surface area contributed by atoms with Gasteiger partial charge in [-0.3, -0.25) is 9.78 Å². The van der Waals surface area contributed by atoms with Crippen LogP contribution >= 0.6 is 0 Å². The Bertz CT molecular complexity index is 1200. The summed E-state index contributed by atoms with van der Waals surface area (Å²) in [6.45, 7) is 3.78. The summed E-state index contributed by atoms with van der Waals surface area (Å²) in [6, 6.07) is 20.3. The standard InChI is InChI=1S/C26H27N5O/c1-19-11-12-22-23(15-19)29-26(28-22)24-10-6-14-31(24)25(32)18-30(21-8-3-2-4-9-21)17-20-7-5-13-27-16-20/h2-5,7-9,11-13,15-16,24H,6,10,14,17-18H2,1H3,(H,28,29). The van der Waals surface area contributed by atoms with Crippen LogP contribution in [-0.2, 0) is 11.3 Å². The molecule has 5 rings (SSSR count). The van der Waals surface area contributed by atoms with E-state index in [1.165, 1.54) is 5.56 Å². The van der Waals surface area contributed by atoms with E-state index in [4.69, 9.17) is 4.98 Å². The van der Waals surface area contributed by atoms with E-state index in [1.807, 2.05) is 59.6 Å². The van der Waals surface area contributed by atoms with Gasteiger partial charge in [-0.25, -0.2) is 4.98 Å². The van der Waals surface area contributed by atoms with Gasteiger partial charge in [0.05, 0.1) is 23.6 Å².